The van der Waals surface area contributed by atoms with Crippen molar-refractivity contribution in [2.24, 2.45) is 5.73 Å². The third-order valence-corrected chi connectivity index (χ3v) is 5.28. The zero-order chi connectivity index (χ0) is 22.6. The maximum atomic E-state index is 13.3. The lowest BCUT2D eigenvalue weighted by Gasteiger charge is -2.27. The predicted octanol–water partition coefficient (Wildman–Crippen LogP) is 5.41. The van der Waals surface area contributed by atoms with Crippen molar-refractivity contribution < 1.29 is 18.0 Å². The number of amides is 1. The number of alkyl halides is 3. The SMILES string of the molecule is Cc1ccc(N(CCc2ccc(C(F)(F)F)cc2)C(=O)[C@@H](N)c2cccnc2)cc1C.Cl. The molecule has 1 atom stereocenters. The van der Waals surface area contributed by atoms with Crippen molar-refractivity contribution in [3.63, 3.8) is 0 Å². The number of pyridine rings is 1. The Labute approximate surface area is 191 Å². The zero-order valence-corrected chi connectivity index (χ0v) is 18.6. The minimum Gasteiger partial charge on any atom is -0.316 e. The Bertz CT molecular complexity index is 1040. The highest BCUT2D eigenvalue weighted by molar-refractivity contribution is 5.97. The Kier molecular flexibility index (Phi) is 8.41. The minimum absolute atomic E-state index is 0. The summed E-state index contributed by atoms with van der Waals surface area (Å²) >= 11 is 0. The average Bonchev–Trinajstić information content (AvgIpc) is 2.76. The van der Waals surface area contributed by atoms with Crippen LogP contribution in [0.4, 0.5) is 18.9 Å². The first-order valence-electron chi connectivity index (χ1n) is 9.87. The number of rotatable bonds is 6. The Morgan fingerprint density at radius 2 is 1.75 bits per heavy atom. The van der Waals surface area contributed by atoms with Crippen molar-refractivity contribution >= 4 is 24.0 Å². The molecule has 0 aliphatic carbocycles. The van der Waals surface area contributed by atoms with Crippen molar-refractivity contribution in [3.05, 3.63) is 94.8 Å². The van der Waals surface area contributed by atoms with Crippen molar-refractivity contribution in [1.29, 1.82) is 0 Å². The van der Waals surface area contributed by atoms with E-state index in [0.717, 1.165) is 23.3 Å². The van der Waals surface area contributed by atoms with Crippen LogP contribution in [-0.2, 0) is 17.4 Å². The van der Waals surface area contributed by atoms with E-state index in [1.165, 1.54) is 12.1 Å². The van der Waals surface area contributed by atoms with Crippen molar-refractivity contribution in [2.45, 2.75) is 32.5 Å². The van der Waals surface area contributed by atoms with Crippen LogP contribution < -0.4 is 10.6 Å². The maximum Gasteiger partial charge on any atom is 0.416 e. The minimum atomic E-state index is -4.38. The lowest BCUT2D eigenvalue weighted by atomic mass is 10.0. The van der Waals surface area contributed by atoms with E-state index in [9.17, 15) is 18.0 Å². The third kappa shape index (κ3) is 6.08. The van der Waals surface area contributed by atoms with Crippen LogP contribution in [-0.4, -0.2) is 17.4 Å². The van der Waals surface area contributed by atoms with Crippen LogP contribution in [0.15, 0.2) is 67.0 Å². The van der Waals surface area contributed by atoms with E-state index in [0.29, 0.717) is 23.2 Å². The molecule has 3 rings (SSSR count). The number of carbonyl (C=O) groups excluding carboxylic acids is 1. The Morgan fingerprint density at radius 3 is 2.31 bits per heavy atom. The molecule has 2 aromatic carbocycles. The highest BCUT2D eigenvalue weighted by Crippen LogP contribution is 2.29. The second-order valence-corrected chi connectivity index (χ2v) is 7.47. The Hall–Kier alpha value is -2.90. The van der Waals surface area contributed by atoms with Crippen LogP contribution in [0.2, 0.25) is 0 Å². The number of halogens is 4. The Morgan fingerprint density at radius 1 is 1.06 bits per heavy atom. The maximum absolute atomic E-state index is 13.3. The second kappa shape index (κ2) is 10.6. The molecule has 1 amide bonds. The molecule has 0 bridgehead atoms. The van der Waals surface area contributed by atoms with Gasteiger partial charge < -0.3 is 10.6 Å². The van der Waals surface area contributed by atoms with Crippen LogP contribution in [0.3, 0.4) is 0 Å². The molecule has 0 radical (unpaired) electrons. The molecule has 0 fully saturated rings. The fraction of sp³-hybridized carbons (Fsp3) is 0.250. The van der Waals surface area contributed by atoms with Crippen LogP contribution in [0.25, 0.3) is 0 Å². The Balaban J connectivity index is 0.00000363. The van der Waals surface area contributed by atoms with Crippen LogP contribution >= 0.6 is 12.4 Å². The second-order valence-electron chi connectivity index (χ2n) is 7.47. The van der Waals surface area contributed by atoms with Crippen LogP contribution in [0, 0.1) is 13.8 Å². The fourth-order valence-electron chi connectivity index (χ4n) is 3.23. The number of nitrogens with two attached hydrogens (primary N) is 1. The summed E-state index contributed by atoms with van der Waals surface area (Å²) in [7, 11) is 0. The summed E-state index contributed by atoms with van der Waals surface area (Å²) in [4.78, 5) is 18.9. The first-order valence-corrected chi connectivity index (χ1v) is 9.87. The molecule has 2 N–H and O–H groups in total. The molecule has 0 aliphatic heterocycles. The largest absolute Gasteiger partial charge is 0.416 e. The first-order chi connectivity index (χ1) is 14.7. The lowest BCUT2D eigenvalue weighted by molar-refractivity contribution is -0.137. The number of carbonyl (C=O) groups is 1. The number of nitrogens with zero attached hydrogens (tertiary/aromatic N) is 2. The van der Waals surface area contributed by atoms with Gasteiger partial charge in [0.25, 0.3) is 0 Å². The quantitative estimate of drug-likeness (QED) is 0.531. The van der Waals surface area contributed by atoms with Gasteiger partial charge in [0.15, 0.2) is 0 Å². The average molecular weight is 464 g/mol. The molecule has 1 aromatic heterocycles. The van der Waals surface area contributed by atoms with E-state index in [-0.39, 0.29) is 24.9 Å². The van der Waals surface area contributed by atoms with Gasteiger partial charge in [0.05, 0.1) is 5.56 Å². The van der Waals surface area contributed by atoms with E-state index < -0.39 is 17.8 Å². The molecule has 32 heavy (non-hydrogen) atoms. The normalized spacial score (nSPS) is 12.1. The smallest absolute Gasteiger partial charge is 0.316 e. The summed E-state index contributed by atoms with van der Waals surface area (Å²) < 4.78 is 38.4. The summed E-state index contributed by atoms with van der Waals surface area (Å²) in [6.45, 7) is 4.22. The van der Waals surface area contributed by atoms with Gasteiger partial charge in [0, 0.05) is 24.6 Å². The molecule has 0 saturated carbocycles. The van der Waals surface area contributed by atoms with Gasteiger partial charge in [-0.15, -0.1) is 12.4 Å². The molecule has 4 nitrogen and oxygen atoms in total. The van der Waals surface area contributed by atoms with Gasteiger partial charge in [-0.2, -0.15) is 13.2 Å². The highest BCUT2D eigenvalue weighted by Gasteiger charge is 2.30. The van der Waals surface area contributed by atoms with Gasteiger partial charge >= 0.3 is 6.18 Å². The molecule has 0 unspecified atom stereocenters. The first kappa shape index (κ1) is 25.4. The van der Waals surface area contributed by atoms with E-state index in [4.69, 9.17) is 5.73 Å². The number of aryl methyl sites for hydroxylation is 2. The number of hydrogen-bond acceptors (Lipinski definition) is 3. The lowest BCUT2D eigenvalue weighted by Crippen LogP contribution is -2.40. The van der Waals surface area contributed by atoms with E-state index in [2.05, 4.69) is 4.98 Å². The molecule has 8 heteroatoms. The third-order valence-electron chi connectivity index (χ3n) is 5.28. The number of aromatic nitrogens is 1. The zero-order valence-electron chi connectivity index (χ0n) is 17.8. The van der Waals surface area contributed by atoms with Crippen molar-refractivity contribution in [2.75, 3.05) is 11.4 Å². The molecular formula is C24H25ClF3N3O. The molecule has 1 heterocycles. The molecule has 0 saturated heterocycles. The number of anilines is 1. The molecule has 170 valence electrons. The highest BCUT2D eigenvalue weighted by atomic mass is 35.5. The van der Waals surface area contributed by atoms with Gasteiger partial charge in [-0.3, -0.25) is 9.78 Å². The molecule has 3 aromatic rings. The van der Waals surface area contributed by atoms with E-state index in [1.807, 2.05) is 32.0 Å². The predicted molar refractivity (Wildman–Crippen MR) is 122 cm³/mol. The molecular weight excluding hydrogens is 439 g/mol. The van der Waals surface area contributed by atoms with Crippen LogP contribution in [0.1, 0.15) is 33.9 Å². The summed E-state index contributed by atoms with van der Waals surface area (Å²) in [6, 6.07) is 13.2. The monoisotopic (exact) mass is 463 g/mol. The number of benzene rings is 2. The van der Waals surface area contributed by atoms with Gasteiger partial charge in [-0.25, -0.2) is 0 Å². The van der Waals surface area contributed by atoms with E-state index >= 15 is 0 Å². The van der Waals surface area contributed by atoms with Gasteiger partial charge in [0.1, 0.15) is 6.04 Å². The topological polar surface area (TPSA) is 59.2 Å². The molecule has 0 aliphatic rings. The standard InChI is InChI=1S/C24H24F3N3O.ClH/c1-16-5-10-21(14-17(16)2)30(23(31)22(28)19-4-3-12-29-15-19)13-11-18-6-8-20(9-7-18)24(25,26)27;/h3-10,12,14-15,22H,11,13,28H2,1-2H3;1H/t22-;/m0./s1. The van der Waals surface area contributed by atoms with Gasteiger partial charge in [-0.05, 0) is 72.9 Å². The molecule has 0 spiro atoms. The summed E-state index contributed by atoms with van der Waals surface area (Å²) in [5.41, 5.74) is 9.63. The van der Waals surface area contributed by atoms with Crippen LogP contribution in [0.5, 0.6) is 0 Å². The van der Waals surface area contributed by atoms with Gasteiger partial charge in [0.2, 0.25) is 5.91 Å². The fourth-order valence-corrected chi connectivity index (χ4v) is 3.23. The van der Waals surface area contributed by atoms with E-state index in [1.54, 1.807) is 29.4 Å². The van der Waals surface area contributed by atoms with Gasteiger partial charge in [-0.1, -0.05) is 24.3 Å². The van der Waals surface area contributed by atoms with Crippen molar-refractivity contribution in [3.8, 4) is 0 Å². The summed E-state index contributed by atoms with van der Waals surface area (Å²) in [5, 5.41) is 0. The number of hydrogen-bond donors (Lipinski definition) is 1. The van der Waals surface area contributed by atoms with Crippen molar-refractivity contribution in [1.82, 2.24) is 4.98 Å². The summed E-state index contributed by atoms with van der Waals surface area (Å²) in [5.74, 6) is -0.303. The summed E-state index contributed by atoms with van der Waals surface area (Å²) in [6.07, 6.45) is -0.837.